The third kappa shape index (κ3) is 1.50. The molecular weight excluding hydrogens is 295 g/mol. The van der Waals surface area contributed by atoms with Gasteiger partial charge in [-0.2, -0.15) is 0 Å². The summed E-state index contributed by atoms with van der Waals surface area (Å²) in [4.78, 5) is 11.2. The van der Waals surface area contributed by atoms with Crippen LogP contribution in [0.15, 0.2) is 28.7 Å². The van der Waals surface area contributed by atoms with Crippen molar-refractivity contribution >= 4 is 39.5 Å². The van der Waals surface area contributed by atoms with Crippen LogP contribution in [0.3, 0.4) is 0 Å². The largest absolute Gasteiger partial charge is 0.463 e. The van der Waals surface area contributed by atoms with Gasteiger partial charge >= 0.3 is 5.97 Å². The zero-order valence-electron chi connectivity index (χ0n) is 7.41. The number of hydrogen-bond acceptors (Lipinski definition) is 3. The quantitative estimate of drug-likeness (QED) is 0.600. The molecule has 72 valence electrons. The fourth-order valence-corrected chi connectivity index (χ4v) is 1.86. The average molecular weight is 302 g/mol. The van der Waals surface area contributed by atoms with Crippen LogP contribution in [0.2, 0.25) is 0 Å². The van der Waals surface area contributed by atoms with Gasteiger partial charge in [-0.15, -0.1) is 0 Å². The van der Waals surface area contributed by atoms with Gasteiger partial charge in [-0.1, -0.05) is 6.07 Å². The normalized spacial score (nSPS) is 10.4. The second-order valence-electron chi connectivity index (χ2n) is 2.75. The first kappa shape index (κ1) is 9.51. The molecule has 0 saturated heterocycles. The summed E-state index contributed by atoms with van der Waals surface area (Å²) in [5, 5.41) is 0.938. The number of esters is 1. The molecule has 0 radical (unpaired) electrons. The smallest absolute Gasteiger partial charge is 0.373 e. The fraction of sp³-hybridized carbons (Fsp3) is 0.100. The molecule has 3 nitrogen and oxygen atoms in total. The number of carbonyl (C=O) groups is 1. The molecular formula is C10H7IO3. The van der Waals surface area contributed by atoms with Gasteiger partial charge in [0.25, 0.3) is 0 Å². The summed E-state index contributed by atoms with van der Waals surface area (Å²) in [6.07, 6.45) is 0. The van der Waals surface area contributed by atoms with Crippen molar-refractivity contribution in [2.45, 2.75) is 0 Å². The Hall–Kier alpha value is -1.04. The molecule has 1 aromatic heterocycles. The van der Waals surface area contributed by atoms with E-state index in [9.17, 15) is 4.79 Å². The van der Waals surface area contributed by atoms with E-state index >= 15 is 0 Å². The third-order valence-electron chi connectivity index (χ3n) is 1.89. The monoisotopic (exact) mass is 302 g/mol. The molecule has 0 saturated carbocycles. The lowest BCUT2D eigenvalue weighted by Crippen LogP contribution is -1.97. The van der Waals surface area contributed by atoms with Gasteiger partial charge in [0.1, 0.15) is 5.58 Å². The van der Waals surface area contributed by atoms with Crippen LogP contribution in [-0.4, -0.2) is 13.1 Å². The maximum Gasteiger partial charge on any atom is 0.373 e. The lowest BCUT2D eigenvalue weighted by atomic mass is 10.2. The van der Waals surface area contributed by atoms with Crippen LogP contribution in [0.1, 0.15) is 10.6 Å². The van der Waals surface area contributed by atoms with E-state index in [4.69, 9.17) is 4.42 Å². The van der Waals surface area contributed by atoms with Crippen LogP contribution >= 0.6 is 22.6 Å². The van der Waals surface area contributed by atoms with Crippen molar-refractivity contribution in [3.05, 3.63) is 33.6 Å². The second-order valence-corrected chi connectivity index (χ2v) is 3.92. The van der Waals surface area contributed by atoms with Crippen molar-refractivity contribution in [3.63, 3.8) is 0 Å². The van der Waals surface area contributed by atoms with E-state index in [1.165, 1.54) is 7.11 Å². The summed E-state index contributed by atoms with van der Waals surface area (Å²) in [7, 11) is 1.33. The predicted molar refractivity (Wildman–Crippen MR) is 60.3 cm³/mol. The molecule has 4 heteroatoms. The van der Waals surface area contributed by atoms with Gasteiger partial charge in [-0.3, -0.25) is 0 Å². The zero-order valence-corrected chi connectivity index (χ0v) is 9.57. The molecule has 0 N–H and O–H groups in total. The fourth-order valence-electron chi connectivity index (χ4n) is 1.23. The molecule has 1 heterocycles. The highest BCUT2D eigenvalue weighted by Crippen LogP contribution is 2.24. The van der Waals surface area contributed by atoms with Crippen molar-refractivity contribution in [1.29, 1.82) is 0 Å². The van der Waals surface area contributed by atoms with E-state index < -0.39 is 5.97 Å². The first-order chi connectivity index (χ1) is 6.72. The molecule has 0 fully saturated rings. The van der Waals surface area contributed by atoms with E-state index in [2.05, 4.69) is 27.3 Å². The number of carbonyl (C=O) groups excluding carboxylic acids is 1. The van der Waals surface area contributed by atoms with Gasteiger partial charge in [-0.05, 0) is 34.7 Å². The number of ether oxygens (including phenoxy) is 1. The van der Waals surface area contributed by atoms with E-state index in [1.54, 1.807) is 6.07 Å². The number of benzene rings is 1. The van der Waals surface area contributed by atoms with Gasteiger partial charge in [0.05, 0.1) is 7.11 Å². The SMILES string of the molecule is COC(=O)c1cc2c(I)cccc2o1. The van der Waals surface area contributed by atoms with Crippen LogP contribution < -0.4 is 0 Å². The minimum Gasteiger partial charge on any atom is -0.463 e. The first-order valence-electron chi connectivity index (χ1n) is 3.99. The highest BCUT2D eigenvalue weighted by atomic mass is 127. The summed E-state index contributed by atoms with van der Waals surface area (Å²) in [6.45, 7) is 0. The van der Waals surface area contributed by atoms with Gasteiger partial charge in [-0.25, -0.2) is 4.79 Å². The maximum absolute atomic E-state index is 11.2. The van der Waals surface area contributed by atoms with Crippen LogP contribution in [0.4, 0.5) is 0 Å². The van der Waals surface area contributed by atoms with Gasteiger partial charge in [0.15, 0.2) is 0 Å². The molecule has 0 unspecified atom stereocenters. The molecule has 0 amide bonds. The molecule has 2 aromatic rings. The first-order valence-corrected chi connectivity index (χ1v) is 5.06. The molecule has 0 spiro atoms. The Morgan fingerprint density at radius 3 is 2.93 bits per heavy atom. The Balaban J connectivity index is 2.62. The number of fused-ring (bicyclic) bond motifs is 1. The van der Waals surface area contributed by atoms with Crippen LogP contribution in [0.25, 0.3) is 11.0 Å². The Labute approximate surface area is 94.2 Å². The summed E-state index contributed by atoms with van der Waals surface area (Å²) in [5.41, 5.74) is 0.706. The van der Waals surface area contributed by atoms with E-state index in [-0.39, 0.29) is 5.76 Å². The van der Waals surface area contributed by atoms with Crippen molar-refractivity contribution in [2.75, 3.05) is 7.11 Å². The molecule has 0 aliphatic rings. The summed E-state index contributed by atoms with van der Waals surface area (Å²) in [5.74, 6) is -0.205. The van der Waals surface area contributed by atoms with Gasteiger partial charge < -0.3 is 9.15 Å². The molecule has 0 aliphatic heterocycles. The molecule has 0 bridgehead atoms. The number of methoxy groups -OCH3 is 1. The maximum atomic E-state index is 11.2. The Morgan fingerprint density at radius 1 is 1.50 bits per heavy atom. The second kappa shape index (κ2) is 3.61. The number of hydrogen-bond donors (Lipinski definition) is 0. The summed E-state index contributed by atoms with van der Waals surface area (Å²) in [6, 6.07) is 7.36. The molecule has 2 rings (SSSR count). The molecule has 14 heavy (non-hydrogen) atoms. The topological polar surface area (TPSA) is 39.4 Å². The highest BCUT2D eigenvalue weighted by Gasteiger charge is 2.13. The number of rotatable bonds is 1. The molecule has 0 aliphatic carbocycles. The Kier molecular flexibility index (Phi) is 2.45. The van der Waals surface area contributed by atoms with Crippen molar-refractivity contribution in [1.82, 2.24) is 0 Å². The van der Waals surface area contributed by atoms with Crippen molar-refractivity contribution in [2.24, 2.45) is 0 Å². The van der Waals surface area contributed by atoms with Gasteiger partial charge in [0.2, 0.25) is 5.76 Å². The Morgan fingerprint density at radius 2 is 2.29 bits per heavy atom. The minimum absolute atomic E-state index is 0.242. The summed E-state index contributed by atoms with van der Waals surface area (Å²) < 4.78 is 10.9. The van der Waals surface area contributed by atoms with E-state index in [1.807, 2.05) is 18.2 Å². The van der Waals surface area contributed by atoms with Crippen LogP contribution in [0, 0.1) is 3.57 Å². The van der Waals surface area contributed by atoms with Crippen molar-refractivity contribution < 1.29 is 13.9 Å². The predicted octanol–water partition coefficient (Wildman–Crippen LogP) is 2.82. The lowest BCUT2D eigenvalue weighted by molar-refractivity contribution is 0.0567. The molecule has 0 atom stereocenters. The van der Waals surface area contributed by atoms with Crippen LogP contribution in [0.5, 0.6) is 0 Å². The van der Waals surface area contributed by atoms with Crippen LogP contribution in [-0.2, 0) is 4.74 Å². The average Bonchev–Trinajstić information content (AvgIpc) is 2.62. The van der Waals surface area contributed by atoms with Crippen molar-refractivity contribution in [3.8, 4) is 0 Å². The summed E-state index contributed by atoms with van der Waals surface area (Å²) >= 11 is 2.19. The Bertz CT molecular complexity index is 487. The number of furan rings is 1. The number of halogens is 1. The van der Waals surface area contributed by atoms with Gasteiger partial charge in [0, 0.05) is 15.0 Å². The zero-order chi connectivity index (χ0) is 10.1. The minimum atomic E-state index is -0.447. The third-order valence-corrected chi connectivity index (χ3v) is 2.84. The highest BCUT2D eigenvalue weighted by molar-refractivity contribution is 14.1. The molecule has 1 aromatic carbocycles. The van der Waals surface area contributed by atoms with E-state index in [0.717, 1.165) is 8.96 Å². The lowest BCUT2D eigenvalue weighted by Gasteiger charge is -1.90. The van der Waals surface area contributed by atoms with E-state index in [0.29, 0.717) is 5.58 Å². The standard InChI is InChI=1S/C10H7IO3/c1-13-10(12)9-5-6-7(11)3-2-4-8(6)14-9/h2-5H,1H3.